The second-order valence-electron chi connectivity index (χ2n) is 6.52. The Kier molecular flexibility index (Phi) is 4.17. The fourth-order valence-corrected chi connectivity index (χ4v) is 3.22. The Morgan fingerprint density at radius 2 is 1.95 bits per heavy atom. The summed E-state index contributed by atoms with van der Waals surface area (Å²) in [6.07, 6.45) is 0.729. The first-order valence-electron chi connectivity index (χ1n) is 6.78. The first kappa shape index (κ1) is 16.4. The van der Waals surface area contributed by atoms with Crippen molar-refractivity contribution in [2.24, 2.45) is 0 Å². The van der Waals surface area contributed by atoms with Crippen LogP contribution in [0, 0.1) is 0 Å². The molecule has 0 radical (unpaired) electrons. The number of benzene rings is 1. The maximum absolute atomic E-state index is 12.4. The molecule has 1 heterocycles. The molecule has 1 fully saturated rings. The predicted octanol–water partition coefficient (Wildman–Crippen LogP) is 3.65. The molecule has 0 spiro atoms. The number of ether oxygens (including phenoxy) is 1. The quantitative estimate of drug-likeness (QED) is 0.813. The summed E-state index contributed by atoms with van der Waals surface area (Å²) >= 11 is 12.0. The number of nitrogen functional groups attached to an aromatic ring is 1. The standard InChI is InChI=1S/C15H20Cl2N2O2/c1-14(2)7-10(15(3,4)21-14)19-13(20)8-5-6-9(16)12(18)11(8)17/h5-6,10H,7,18H2,1-4H3,(H,19,20). The van der Waals surface area contributed by atoms with Gasteiger partial charge in [-0.1, -0.05) is 23.2 Å². The molecule has 2 rings (SSSR count). The maximum Gasteiger partial charge on any atom is 0.253 e. The van der Waals surface area contributed by atoms with E-state index in [-0.39, 0.29) is 28.3 Å². The Bertz CT molecular complexity index is 585. The van der Waals surface area contributed by atoms with Crippen molar-refractivity contribution in [1.82, 2.24) is 5.32 Å². The smallest absolute Gasteiger partial charge is 0.253 e. The molecule has 1 aromatic carbocycles. The number of anilines is 1. The first-order chi connectivity index (χ1) is 9.53. The molecule has 1 amide bonds. The molecule has 0 saturated carbocycles. The number of nitrogens with one attached hydrogen (secondary N) is 1. The van der Waals surface area contributed by atoms with Crippen molar-refractivity contribution < 1.29 is 9.53 Å². The SMILES string of the molecule is CC1(C)CC(NC(=O)c2ccc(Cl)c(N)c2Cl)C(C)(C)O1. The second kappa shape index (κ2) is 5.34. The molecule has 1 atom stereocenters. The highest BCUT2D eigenvalue weighted by atomic mass is 35.5. The van der Waals surface area contributed by atoms with Crippen LogP contribution in [0.1, 0.15) is 44.5 Å². The highest BCUT2D eigenvalue weighted by molar-refractivity contribution is 6.40. The Morgan fingerprint density at radius 3 is 2.48 bits per heavy atom. The Balaban J connectivity index is 2.21. The van der Waals surface area contributed by atoms with E-state index in [1.807, 2.05) is 27.7 Å². The van der Waals surface area contributed by atoms with Gasteiger partial charge >= 0.3 is 0 Å². The van der Waals surface area contributed by atoms with E-state index in [0.29, 0.717) is 10.6 Å². The molecule has 1 saturated heterocycles. The summed E-state index contributed by atoms with van der Waals surface area (Å²) in [5.74, 6) is -0.275. The van der Waals surface area contributed by atoms with Crippen LogP contribution >= 0.6 is 23.2 Å². The maximum atomic E-state index is 12.4. The number of nitrogens with two attached hydrogens (primary N) is 1. The summed E-state index contributed by atoms with van der Waals surface area (Å²) in [6, 6.07) is 3.04. The van der Waals surface area contributed by atoms with Crippen LogP contribution < -0.4 is 11.1 Å². The third-order valence-electron chi connectivity index (χ3n) is 3.75. The van der Waals surface area contributed by atoms with E-state index in [1.165, 1.54) is 0 Å². The molecule has 116 valence electrons. The summed E-state index contributed by atoms with van der Waals surface area (Å²) in [4.78, 5) is 12.4. The lowest BCUT2D eigenvalue weighted by Crippen LogP contribution is -2.46. The van der Waals surface area contributed by atoms with Crippen molar-refractivity contribution in [3.63, 3.8) is 0 Å². The lowest BCUT2D eigenvalue weighted by atomic mass is 9.94. The fourth-order valence-electron chi connectivity index (χ4n) is 2.77. The molecule has 3 N–H and O–H groups in total. The van der Waals surface area contributed by atoms with E-state index in [0.717, 1.165) is 6.42 Å². The van der Waals surface area contributed by atoms with Gasteiger partial charge in [0.2, 0.25) is 0 Å². The van der Waals surface area contributed by atoms with Crippen LogP contribution in [0.25, 0.3) is 0 Å². The van der Waals surface area contributed by atoms with Gasteiger partial charge in [-0.3, -0.25) is 4.79 Å². The van der Waals surface area contributed by atoms with Crippen LogP contribution in [0.4, 0.5) is 5.69 Å². The van der Waals surface area contributed by atoms with Gasteiger partial charge in [0.1, 0.15) is 0 Å². The molecular weight excluding hydrogens is 311 g/mol. The molecule has 0 aromatic heterocycles. The summed E-state index contributed by atoms with van der Waals surface area (Å²) < 4.78 is 5.97. The van der Waals surface area contributed by atoms with E-state index in [9.17, 15) is 4.79 Å². The van der Waals surface area contributed by atoms with Gasteiger partial charge in [-0.15, -0.1) is 0 Å². The van der Waals surface area contributed by atoms with E-state index >= 15 is 0 Å². The third-order valence-corrected chi connectivity index (χ3v) is 4.49. The van der Waals surface area contributed by atoms with E-state index < -0.39 is 5.60 Å². The number of rotatable bonds is 2. The monoisotopic (exact) mass is 330 g/mol. The Hall–Kier alpha value is -0.970. The highest BCUT2D eigenvalue weighted by Gasteiger charge is 2.46. The predicted molar refractivity (Wildman–Crippen MR) is 86.0 cm³/mol. The molecule has 1 unspecified atom stereocenters. The summed E-state index contributed by atoms with van der Waals surface area (Å²) in [5, 5.41) is 3.49. The van der Waals surface area contributed by atoms with Gasteiger partial charge in [0.15, 0.2) is 0 Å². The molecule has 6 heteroatoms. The molecule has 4 nitrogen and oxygen atoms in total. The normalized spacial score (nSPS) is 23.0. The van der Waals surface area contributed by atoms with Gasteiger partial charge in [-0.2, -0.15) is 0 Å². The van der Waals surface area contributed by atoms with Crippen molar-refractivity contribution >= 4 is 34.8 Å². The van der Waals surface area contributed by atoms with E-state index in [1.54, 1.807) is 12.1 Å². The minimum Gasteiger partial charge on any atom is -0.396 e. The number of hydrogen-bond donors (Lipinski definition) is 2. The Labute approximate surface area is 134 Å². The van der Waals surface area contributed by atoms with Crippen LogP contribution in [0.3, 0.4) is 0 Å². The number of carbonyl (C=O) groups is 1. The topological polar surface area (TPSA) is 64.4 Å². The molecule has 0 bridgehead atoms. The van der Waals surface area contributed by atoms with Crippen molar-refractivity contribution in [3.8, 4) is 0 Å². The van der Waals surface area contributed by atoms with Gasteiger partial charge in [0.25, 0.3) is 5.91 Å². The fraction of sp³-hybridized carbons (Fsp3) is 0.533. The summed E-state index contributed by atoms with van der Waals surface area (Å²) in [5.41, 5.74) is 5.58. The molecule has 21 heavy (non-hydrogen) atoms. The van der Waals surface area contributed by atoms with Crippen LogP contribution in [0.15, 0.2) is 12.1 Å². The van der Waals surface area contributed by atoms with Gasteiger partial charge in [0, 0.05) is 0 Å². The number of carbonyl (C=O) groups excluding carboxylic acids is 1. The zero-order valence-corrected chi connectivity index (χ0v) is 14.1. The zero-order chi connectivity index (χ0) is 16.0. The number of amides is 1. The van der Waals surface area contributed by atoms with Crippen molar-refractivity contribution in [3.05, 3.63) is 27.7 Å². The number of halogens is 2. The molecule has 0 aliphatic carbocycles. The molecular formula is C15H20Cl2N2O2. The van der Waals surface area contributed by atoms with Crippen molar-refractivity contribution in [2.45, 2.75) is 51.4 Å². The molecule has 1 aromatic rings. The minimum atomic E-state index is -0.441. The van der Waals surface area contributed by atoms with Gasteiger partial charge in [0.05, 0.1) is 38.5 Å². The lowest BCUT2D eigenvalue weighted by Gasteiger charge is -2.27. The average molecular weight is 331 g/mol. The van der Waals surface area contributed by atoms with Crippen molar-refractivity contribution in [1.29, 1.82) is 0 Å². The third kappa shape index (κ3) is 3.28. The van der Waals surface area contributed by atoms with Gasteiger partial charge in [-0.25, -0.2) is 0 Å². The van der Waals surface area contributed by atoms with Crippen LogP contribution in [-0.2, 0) is 4.74 Å². The largest absolute Gasteiger partial charge is 0.396 e. The summed E-state index contributed by atoms with van der Waals surface area (Å²) in [7, 11) is 0. The average Bonchev–Trinajstić information content (AvgIpc) is 2.54. The Morgan fingerprint density at radius 1 is 1.33 bits per heavy atom. The zero-order valence-electron chi connectivity index (χ0n) is 12.6. The number of hydrogen-bond acceptors (Lipinski definition) is 3. The van der Waals surface area contributed by atoms with E-state index in [2.05, 4.69) is 5.32 Å². The van der Waals surface area contributed by atoms with Crippen LogP contribution in [0.5, 0.6) is 0 Å². The second-order valence-corrected chi connectivity index (χ2v) is 7.30. The van der Waals surface area contributed by atoms with Gasteiger partial charge in [-0.05, 0) is 46.2 Å². The molecule has 1 aliphatic rings. The van der Waals surface area contributed by atoms with Crippen LogP contribution in [0.2, 0.25) is 10.0 Å². The van der Waals surface area contributed by atoms with Crippen LogP contribution in [-0.4, -0.2) is 23.2 Å². The van der Waals surface area contributed by atoms with Gasteiger partial charge < -0.3 is 15.8 Å². The van der Waals surface area contributed by atoms with E-state index in [4.69, 9.17) is 33.7 Å². The highest BCUT2D eigenvalue weighted by Crippen LogP contribution is 2.38. The summed E-state index contributed by atoms with van der Waals surface area (Å²) in [6.45, 7) is 7.94. The first-order valence-corrected chi connectivity index (χ1v) is 7.53. The van der Waals surface area contributed by atoms with Crippen molar-refractivity contribution in [2.75, 3.05) is 5.73 Å². The molecule has 1 aliphatic heterocycles. The minimum absolute atomic E-state index is 0.104. The lowest BCUT2D eigenvalue weighted by molar-refractivity contribution is -0.0693.